The molecule has 1 saturated carbocycles. The molecule has 3 N–H and O–H groups in total. The van der Waals surface area contributed by atoms with Crippen molar-refractivity contribution in [3.8, 4) is 0 Å². The van der Waals surface area contributed by atoms with Gasteiger partial charge in [-0.05, 0) is 38.5 Å². The number of hydrogen-bond acceptors (Lipinski definition) is 3. The fourth-order valence-electron chi connectivity index (χ4n) is 2.78. The van der Waals surface area contributed by atoms with Crippen molar-refractivity contribution in [3.63, 3.8) is 0 Å². The fourth-order valence-corrected chi connectivity index (χ4v) is 2.78. The molecule has 0 saturated heterocycles. The molecular weight excluding hydrogens is 228 g/mol. The Balaban J connectivity index is 2.51. The van der Waals surface area contributed by atoms with Crippen LogP contribution < -0.4 is 11.1 Å². The summed E-state index contributed by atoms with van der Waals surface area (Å²) < 4.78 is 5.48. The van der Waals surface area contributed by atoms with Gasteiger partial charge >= 0.3 is 0 Å². The van der Waals surface area contributed by atoms with Crippen LogP contribution in [-0.4, -0.2) is 30.7 Å². The van der Waals surface area contributed by atoms with E-state index < -0.39 is 0 Å². The highest BCUT2D eigenvalue weighted by Crippen LogP contribution is 2.38. The summed E-state index contributed by atoms with van der Waals surface area (Å²) in [5, 5.41) is 3.09. The largest absolute Gasteiger partial charge is 0.378 e. The second kappa shape index (κ2) is 6.02. The molecule has 1 amide bonds. The summed E-state index contributed by atoms with van der Waals surface area (Å²) in [5.41, 5.74) is 5.29. The topological polar surface area (TPSA) is 64.3 Å². The van der Waals surface area contributed by atoms with Crippen LogP contribution in [0, 0.1) is 5.92 Å². The molecule has 1 atom stereocenters. The second-order valence-electron chi connectivity index (χ2n) is 6.33. The Morgan fingerprint density at radius 3 is 2.44 bits per heavy atom. The number of nitrogens with one attached hydrogen (secondary N) is 1. The van der Waals surface area contributed by atoms with Crippen LogP contribution >= 0.6 is 0 Å². The molecule has 0 bridgehead atoms. The number of carbonyl (C=O) groups is 1. The van der Waals surface area contributed by atoms with Gasteiger partial charge in [-0.2, -0.15) is 0 Å². The predicted molar refractivity (Wildman–Crippen MR) is 73.3 cm³/mol. The van der Waals surface area contributed by atoms with Crippen LogP contribution in [0.4, 0.5) is 0 Å². The Kier molecular flexibility index (Phi) is 5.17. The molecule has 1 rings (SSSR count). The summed E-state index contributed by atoms with van der Waals surface area (Å²) in [6.07, 6.45) is 4.48. The Hall–Kier alpha value is -0.610. The van der Waals surface area contributed by atoms with Gasteiger partial charge in [-0.3, -0.25) is 4.79 Å². The van der Waals surface area contributed by atoms with Crippen LogP contribution in [0.3, 0.4) is 0 Å². The normalized spacial score (nSPS) is 21.2. The summed E-state index contributed by atoms with van der Waals surface area (Å²) in [5.74, 6) is 0.573. The first-order valence-electron chi connectivity index (χ1n) is 6.91. The maximum absolute atomic E-state index is 12.1. The van der Waals surface area contributed by atoms with Crippen LogP contribution in [0.2, 0.25) is 0 Å². The van der Waals surface area contributed by atoms with Crippen LogP contribution in [0.15, 0.2) is 0 Å². The smallest absolute Gasteiger partial charge is 0.223 e. The van der Waals surface area contributed by atoms with Crippen LogP contribution in [0.5, 0.6) is 0 Å². The van der Waals surface area contributed by atoms with Gasteiger partial charge in [-0.25, -0.2) is 0 Å². The van der Waals surface area contributed by atoms with Crippen LogP contribution in [-0.2, 0) is 9.53 Å². The molecule has 0 heterocycles. The molecule has 106 valence electrons. The molecule has 1 fully saturated rings. The molecular formula is C14H28N2O2. The zero-order chi connectivity index (χ0) is 13.8. The zero-order valence-electron chi connectivity index (χ0n) is 12.2. The van der Waals surface area contributed by atoms with Crippen molar-refractivity contribution >= 4 is 5.91 Å². The van der Waals surface area contributed by atoms with Crippen LogP contribution in [0.25, 0.3) is 0 Å². The van der Waals surface area contributed by atoms with E-state index in [-0.39, 0.29) is 17.0 Å². The SMILES string of the molecule is COC1(CC(=O)NC(C)(CN)CC(C)C)CCC1. The third-order valence-corrected chi connectivity index (χ3v) is 3.93. The third kappa shape index (κ3) is 3.95. The van der Waals surface area contributed by atoms with Crippen molar-refractivity contribution in [1.29, 1.82) is 0 Å². The van der Waals surface area contributed by atoms with E-state index in [1.165, 1.54) is 0 Å². The highest BCUT2D eigenvalue weighted by Gasteiger charge is 2.40. The number of rotatable bonds is 7. The van der Waals surface area contributed by atoms with Gasteiger partial charge in [0, 0.05) is 19.2 Å². The lowest BCUT2D eigenvalue weighted by Gasteiger charge is -2.41. The predicted octanol–water partition coefficient (Wildman–Crippen LogP) is 1.83. The van der Waals surface area contributed by atoms with Gasteiger partial charge in [-0.1, -0.05) is 13.8 Å². The summed E-state index contributed by atoms with van der Waals surface area (Å²) >= 11 is 0. The summed E-state index contributed by atoms with van der Waals surface area (Å²) in [6, 6.07) is 0. The Morgan fingerprint density at radius 1 is 1.50 bits per heavy atom. The molecule has 0 radical (unpaired) electrons. The van der Waals surface area contributed by atoms with Gasteiger partial charge in [0.05, 0.1) is 12.0 Å². The monoisotopic (exact) mass is 256 g/mol. The molecule has 0 spiro atoms. The fraction of sp³-hybridized carbons (Fsp3) is 0.929. The van der Waals surface area contributed by atoms with Gasteiger partial charge in [0.25, 0.3) is 0 Å². The lowest BCUT2D eigenvalue weighted by molar-refractivity contribution is -0.136. The van der Waals surface area contributed by atoms with Crippen molar-refractivity contribution < 1.29 is 9.53 Å². The molecule has 1 aliphatic carbocycles. The average Bonchev–Trinajstić information content (AvgIpc) is 2.22. The number of ether oxygens (including phenoxy) is 1. The average molecular weight is 256 g/mol. The van der Waals surface area contributed by atoms with Crippen LogP contribution in [0.1, 0.15) is 52.9 Å². The Morgan fingerprint density at radius 2 is 2.11 bits per heavy atom. The molecule has 4 nitrogen and oxygen atoms in total. The van der Waals surface area contributed by atoms with Gasteiger partial charge < -0.3 is 15.8 Å². The summed E-state index contributed by atoms with van der Waals surface area (Å²) in [6.45, 7) is 6.77. The van der Waals surface area contributed by atoms with E-state index in [9.17, 15) is 4.79 Å². The lowest BCUT2D eigenvalue weighted by Crippen LogP contribution is -2.54. The van der Waals surface area contributed by atoms with E-state index in [1.54, 1.807) is 7.11 Å². The van der Waals surface area contributed by atoms with Crippen molar-refractivity contribution in [2.24, 2.45) is 11.7 Å². The number of carbonyl (C=O) groups excluding carboxylic acids is 1. The quantitative estimate of drug-likeness (QED) is 0.730. The lowest BCUT2D eigenvalue weighted by atomic mass is 9.77. The van der Waals surface area contributed by atoms with E-state index in [1.807, 2.05) is 6.92 Å². The van der Waals surface area contributed by atoms with Crippen molar-refractivity contribution in [1.82, 2.24) is 5.32 Å². The maximum atomic E-state index is 12.1. The maximum Gasteiger partial charge on any atom is 0.223 e. The molecule has 1 aliphatic rings. The van der Waals surface area contributed by atoms with Crippen molar-refractivity contribution in [3.05, 3.63) is 0 Å². The summed E-state index contributed by atoms with van der Waals surface area (Å²) in [7, 11) is 1.70. The minimum atomic E-state index is -0.302. The first-order valence-corrected chi connectivity index (χ1v) is 6.91. The van der Waals surface area contributed by atoms with Gasteiger partial charge in [0.2, 0.25) is 5.91 Å². The van der Waals surface area contributed by atoms with E-state index >= 15 is 0 Å². The standard InChI is InChI=1S/C14H28N2O2/c1-11(2)8-13(3,10-15)16-12(17)9-14(18-4)6-5-7-14/h11H,5-10,15H2,1-4H3,(H,16,17). The third-order valence-electron chi connectivity index (χ3n) is 3.93. The van der Waals surface area contributed by atoms with Gasteiger partial charge in [0.1, 0.15) is 0 Å². The van der Waals surface area contributed by atoms with Crippen molar-refractivity contribution in [2.45, 2.75) is 64.0 Å². The molecule has 0 aromatic heterocycles. The minimum Gasteiger partial charge on any atom is -0.378 e. The number of hydrogen-bond donors (Lipinski definition) is 2. The number of methoxy groups -OCH3 is 1. The molecule has 0 aromatic carbocycles. The number of nitrogens with two attached hydrogens (primary N) is 1. The van der Waals surface area contributed by atoms with Gasteiger partial charge in [0.15, 0.2) is 0 Å². The Bertz CT molecular complexity index is 282. The van der Waals surface area contributed by atoms with E-state index in [4.69, 9.17) is 10.5 Å². The number of amides is 1. The van der Waals surface area contributed by atoms with E-state index in [2.05, 4.69) is 19.2 Å². The summed E-state index contributed by atoms with van der Waals surface area (Å²) in [4.78, 5) is 12.1. The van der Waals surface area contributed by atoms with Crippen molar-refractivity contribution in [2.75, 3.05) is 13.7 Å². The zero-order valence-corrected chi connectivity index (χ0v) is 12.2. The van der Waals surface area contributed by atoms with E-state index in [0.717, 1.165) is 25.7 Å². The molecule has 0 aromatic rings. The highest BCUT2D eigenvalue weighted by molar-refractivity contribution is 5.78. The second-order valence-corrected chi connectivity index (χ2v) is 6.33. The molecule has 1 unspecified atom stereocenters. The highest BCUT2D eigenvalue weighted by atomic mass is 16.5. The minimum absolute atomic E-state index is 0.0603. The van der Waals surface area contributed by atoms with E-state index in [0.29, 0.717) is 18.9 Å². The molecule has 4 heteroatoms. The first-order chi connectivity index (χ1) is 8.35. The Labute approximate surface area is 111 Å². The molecule has 18 heavy (non-hydrogen) atoms. The molecule has 0 aliphatic heterocycles. The first kappa shape index (κ1) is 15.4. The van der Waals surface area contributed by atoms with Gasteiger partial charge in [-0.15, -0.1) is 0 Å².